The van der Waals surface area contributed by atoms with Gasteiger partial charge in [-0.25, -0.2) is 4.72 Å². The number of amides is 1. The van der Waals surface area contributed by atoms with Crippen molar-refractivity contribution in [3.8, 4) is 6.07 Å². The molecule has 8 nitrogen and oxygen atoms in total. The van der Waals surface area contributed by atoms with Crippen molar-refractivity contribution >= 4 is 52.7 Å². The molecule has 1 aliphatic rings. The van der Waals surface area contributed by atoms with Gasteiger partial charge in [-0.15, -0.1) is 0 Å². The first-order chi connectivity index (χ1) is 15.8. The summed E-state index contributed by atoms with van der Waals surface area (Å²) in [6.45, 7) is 1.45. The molecule has 2 aromatic rings. The number of aryl methyl sites for hydroxylation is 1. The summed E-state index contributed by atoms with van der Waals surface area (Å²) in [5.41, 5.74) is 6.65. The number of carbonyl (C=O) groups is 2. The number of hydrogen-bond donors (Lipinski definition) is 2. The lowest BCUT2D eigenvalue weighted by atomic mass is 9.96. The SMILES string of the molecule is COC(=O)C1CCN(C(=O)C(CCn2cccc2C#N)NSc2cc(Cl)c(N)c(Cl)c2)CC1. The van der Waals surface area contributed by atoms with Crippen LogP contribution in [0.1, 0.15) is 25.0 Å². The summed E-state index contributed by atoms with van der Waals surface area (Å²) < 4.78 is 9.88. The first-order valence-electron chi connectivity index (χ1n) is 10.4. The third kappa shape index (κ3) is 6.36. The van der Waals surface area contributed by atoms with E-state index >= 15 is 0 Å². The second-order valence-electron chi connectivity index (χ2n) is 7.68. The van der Waals surface area contributed by atoms with Crippen LogP contribution in [0.25, 0.3) is 0 Å². The number of esters is 1. The van der Waals surface area contributed by atoms with Crippen molar-refractivity contribution in [2.45, 2.75) is 36.7 Å². The lowest BCUT2D eigenvalue weighted by Crippen LogP contribution is -2.48. The highest BCUT2D eigenvalue weighted by atomic mass is 35.5. The quantitative estimate of drug-likeness (QED) is 0.316. The Hall–Kier alpha value is -2.38. The zero-order chi connectivity index (χ0) is 24.0. The number of nitrogens with one attached hydrogen (secondary N) is 1. The number of hydrogen-bond acceptors (Lipinski definition) is 7. The Morgan fingerprint density at radius 3 is 2.61 bits per heavy atom. The predicted octanol–water partition coefficient (Wildman–Crippen LogP) is 3.72. The lowest BCUT2D eigenvalue weighted by molar-refractivity contribution is -0.149. The minimum atomic E-state index is -0.534. The van der Waals surface area contributed by atoms with Gasteiger partial charge in [-0.05, 0) is 55.5 Å². The highest BCUT2D eigenvalue weighted by Crippen LogP contribution is 2.32. The molecule has 1 saturated heterocycles. The molecule has 0 bridgehead atoms. The number of likely N-dealkylation sites (tertiary alicyclic amines) is 1. The number of rotatable bonds is 8. The molecule has 1 aromatic carbocycles. The topological polar surface area (TPSA) is 113 Å². The molecule has 1 atom stereocenters. The third-order valence-electron chi connectivity index (χ3n) is 5.61. The summed E-state index contributed by atoms with van der Waals surface area (Å²) in [6.07, 6.45) is 3.41. The number of nitrogen functional groups attached to an aromatic ring is 1. The first-order valence-corrected chi connectivity index (χ1v) is 12.0. The number of carbonyl (C=O) groups excluding carboxylic acids is 2. The second kappa shape index (κ2) is 11.7. The number of nitriles is 1. The second-order valence-corrected chi connectivity index (χ2v) is 9.41. The van der Waals surface area contributed by atoms with E-state index < -0.39 is 6.04 Å². The van der Waals surface area contributed by atoms with E-state index in [9.17, 15) is 14.9 Å². The van der Waals surface area contributed by atoms with Gasteiger partial charge in [0, 0.05) is 30.7 Å². The summed E-state index contributed by atoms with van der Waals surface area (Å²) in [6, 6.07) is 8.51. The Balaban J connectivity index is 1.70. The molecular weight excluding hydrogens is 485 g/mol. The van der Waals surface area contributed by atoms with Gasteiger partial charge < -0.3 is 19.9 Å². The summed E-state index contributed by atoms with van der Waals surface area (Å²) in [5, 5.41) is 9.94. The highest BCUT2D eigenvalue weighted by Gasteiger charge is 2.31. The average Bonchev–Trinajstić information content (AvgIpc) is 3.29. The van der Waals surface area contributed by atoms with E-state index in [1.54, 1.807) is 29.2 Å². The Morgan fingerprint density at radius 1 is 1.33 bits per heavy atom. The van der Waals surface area contributed by atoms with Crippen LogP contribution in [0, 0.1) is 17.2 Å². The maximum Gasteiger partial charge on any atom is 0.308 e. The Labute approximate surface area is 207 Å². The molecule has 0 spiro atoms. The van der Waals surface area contributed by atoms with Gasteiger partial charge in [0.05, 0.1) is 34.8 Å². The van der Waals surface area contributed by atoms with Crippen LogP contribution < -0.4 is 10.5 Å². The van der Waals surface area contributed by atoms with E-state index in [2.05, 4.69) is 10.8 Å². The number of benzene rings is 1. The fraction of sp³-hybridized carbons (Fsp3) is 0.409. The minimum absolute atomic E-state index is 0.0656. The van der Waals surface area contributed by atoms with Crippen LogP contribution in [0.2, 0.25) is 10.0 Å². The molecular formula is C22H25Cl2N5O3S. The van der Waals surface area contributed by atoms with Gasteiger partial charge in [0.25, 0.3) is 0 Å². The molecule has 11 heteroatoms. The molecule has 33 heavy (non-hydrogen) atoms. The molecule has 176 valence electrons. The molecule has 1 unspecified atom stereocenters. The van der Waals surface area contributed by atoms with Gasteiger partial charge in [0.2, 0.25) is 5.91 Å². The molecule has 1 aromatic heterocycles. The largest absolute Gasteiger partial charge is 0.469 e. The molecule has 1 amide bonds. The zero-order valence-electron chi connectivity index (χ0n) is 18.1. The maximum atomic E-state index is 13.4. The molecule has 0 aliphatic carbocycles. The van der Waals surface area contributed by atoms with Crippen molar-refractivity contribution in [1.82, 2.24) is 14.2 Å². The summed E-state index contributed by atoms with van der Waals surface area (Å²) in [4.78, 5) is 27.7. The number of aromatic nitrogens is 1. The smallest absolute Gasteiger partial charge is 0.308 e. The molecule has 1 fully saturated rings. The van der Waals surface area contributed by atoms with E-state index in [-0.39, 0.29) is 17.8 Å². The number of nitrogens with two attached hydrogens (primary N) is 1. The van der Waals surface area contributed by atoms with Crippen LogP contribution in [0.5, 0.6) is 0 Å². The highest BCUT2D eigenvalue weighted by molar-refractivity contribution is 7.97. The minimum Gasteiger partial charge on any atom is -0.469 e. The van der Waals surface area contributed by atoms with Crippen LogP contribution in [0.15, 0.2) is 35.4 Å². The standard InChI is InChI=1S/C22H25Cl2N5O3S/c1-32-22(31)14-4-8-29(9-5-14)21(30)19(6-10-28-7-2-3-15(28)13-25)27-33-16-11-17(23)20(26)18(24)12-16/h2-3,7,11-12,14,19,27H,4-6,8-10,26H2,1H3. The normalized spacial score (nSPS) is 15.2. The number of nitrogens with zero attached hydrogens (tertiary/aromatic N) is 3. The van der Waals surface area contributed by atoms with Crippen molar-refractivity contribution in [2.75, 3.05) is 25.9 Å². The van der Waals surface area contributed by atoms with Crippen LogP contribution in [0.4, 0.5) is 5.69 Å². The van der Waals surface area contributed by atoms with E-state index in [4.69, 9.17) is 33.7 Å². The zero-order valence-corrected chi connectivity index (χ0v) is 20.4. The van der Waals surface area contributed by atoms with Crippen LogP contribution in [-0.4, -0.2) is 47.6 Å². The summed E-state index contributed by atoms with van der Waals surface area (Å²) in [5.74, 6) is -0.484. The van der Waals surface area contributed by atoms with Crippen molar-refractivity contribution in [3.05, 3.63) is 46.2 Å². The van der Waals surface area contributed by atoms with Gasteiger partial charge in [-0.3, -0.25) is 9.59 Å². The molecule has 2 heterocycles. The van der Waals surface area contributed by atoms with Crippen molar-refractivity contribution in [2.24, 2.45) is 5.92 Å². The maximum absolute atomic E-state index is 13.4. The van der Waals surface area contributed by atoms with Gasteiger partial charge >= 0.3 is 5.97 Å². The molecule has 3 rings (SSSR count). The van der Waals surface area contributed by atoms with E-state index in [1.165, 1.54) is 19.1 Å². The van der Waals surface area contributed by atoms with E-state index in [0.717, 1.165) is 4.90 Å². The fourth-order valence-electron chi connectivity index (χ4n) is 3.69. The predicted molar refractivity (Wildman–Crippen MR) is 129 cm³/mol. The number of ether oxygens (including phenoxy) is 1. The van der Waals surface area contributed by atoms with Gasteiger partial charge in [-0.1, -0.05) is 23.2 Å². The summed E-state index contributed by atoms with van der Waals surface area (Å²) >= 11 is 13.5. The van der Waals surface area contributed by atoms with Crippen LogP contribution in [0.3, 0.4) is 0 Å². The molecule has 0 saturated carbocycles. The van der Waals surface area contributed by atoms with Gasteiger partial charge in [-0.2, -0.15) is 5.26 Å². The van der Waals surface area contributed by atoms with Crippen molar-refractivity contribution < 1.29 is 14.3 Å². The number of halogens is 2. The molecule has 3 N–H and O–H groups in total. The Bertz CT molecular complexity index is 1020. The van der Waals surface area contributed by atoms with E-state index in [0.29, 0.717) is 60.3 Å². The number of methoxy groups -OCH3 is 1. The average molecular weight is 510 g/mol. The van der Waals surface area contributed by atoms with Crippen molar-refractivity contribution in [1.29, 1.82) is 5.26 Å². The Morgan fingerprint density at radius 2 is 2.00 bits per heavy atom. The number of anilines is 1. The van der Waals surface area contributed by atoms with Gasteiger partial charge in [0.15, 0.2) is 0 Å². The monoisotopic (exact) mass is 509 g/mol. The molecule has 0 radical (unpaired) electrons. The van der Waals surface area contributed by atoms with Gasteiger partial charge in [0.1, 0.15) is 11.8 Å². The third-order valence-corrected chi connectivity index (χ3v) is 7.11. The lowest BCUT2D eigenvalue weighted by Gasteiger charge is -2.33. The van der Waals surface area contributed by atoms with Crippen LogP contribution >= 0.6 is 35.1 Å². The van der Waals surface area contributed by atoms with E-state index in [1.807, 2.05) is 10.8 Å². The Kier molecular flexibility index (Phi) is 8.92. The van der Waals surface area contributed by atoms with Crippen LogP contribution in [-0.2, 0) is 20.9 Å². The van der Waals surface area contributed by atoms with Crippen molar-refractivity contribution in [3.63, 3.8) is 0 Å². The number of piperidine rings is 1. The molecule has 1 aliphatic heterocycles. The summed E-state index contributed by atoms with van der Waals surface area (Å²) in [7, 11) is 1.38. The fourth-order valence-corrected chi connectivity index (χ4v) is 5.16. The first kappa shape index (κ1) is 25.2.